The molecule has 0 saturated carbocycles. The molecule has 6 nitrogen and oxygen atoms in total. The van der Waals surface area contributed by atoms with Crippen LogP contribution in [-0.4, -0.2) is 18.6 Å². The molecule has 0 saturated heterocycles. The lowest BCUT2D eigenvalue weighted by atomic mass is 9.93. The minimum absolute atomic E-state index is 0.260. The van der Waals surface area contributed by atoms with Crippen molar-refractivity contribution in [3.05, 3.63) is 76.5 Å². The molecule has 2 N–H and O–H groups in total. The van der Waals surface area contributed by atoms with Gasteiger partial charge in [0.1, 0.15) is 12.4 Å². The molecule has 164 valence electrons. The van der Waals surface area contributed by atoms with Gasteiger partial charge in [0.05, 0.1) is 18.2 Å². The van der Waals surface area contributed by atoms with Crippen LogP contribution in [0.5, 0.6) is 5.75 Å². The molecule has 2 aromatic carbocycles. The Morgan fingerprint density at radius 2 is 1.81 bits per heavy atom. The highest BCUT2D eigenvalue weighted by atomic mass is 16.5. The molecule has 2 amide bonds. The molecule has 31 heavy (non-hydrogen) atoms. The molecule has 0 aromatic heterocycles. The second-order valence-electron chi connectivity index (χ2n) is 7.56. The van der Waals surface area contributed by atoms with E-state index < -0.39 is 12.0 Å². The molecule has 0 bridgehead atoms. The monoisotopic (exact) mass is 422 g/mol. The first-order chi connectivity index (χ1) is 15.0. The van der Waals surface area contributed by atoms with Gasteiger partial charge in [0.25, 0.3) is 0 Å². The van der Waals surface area contributed by atoms with Crippen molar-refractivity contribution >= 4 is 12.0 Å². The Labute approximate surface area is 183 Å². The highest BCUT2D eigenvalue weighted by molar-refractivity contribution is 5.95. The highest BCUT2D eigenvalue weighted by Crippen LogP contribution is 2.35. The first-order valence-electron chi connectivity index (χ1n) is 10.8. The van der Waals surface area contributed by atoms with E-state index >= 15 is 0 Å². The molecule has 1 aliphatic rings. The number of benzene rings is 2. The third kappa shape index (κ3) is 5.66. The number of para-hydroxylation sites is 1. The summed E-state index contributed by atoms with van der Waals surface area (Å²) in [6.07, 6.45) is 2.40. The zero-order valence-corrected chi connectivity index (χ0v) is 18.4. The van der Waals surface area contributed by atoms with E-state index in [-0.39, 0.29) is 12.6 Å². The third-order valence-corrected chi connectivity index (χ3v) is 5.17. The van der Waals surface area contributed by atoms with Crippen molar-refractivity contribution in [3.8, 4) is 5.75 Å². The van der Waals surface area contributed by atoms with Crippen LogP contribution in [0.1, 0.15) is 55.8 Å². The standard InChI is InChI=1S/C25H30N2O4/c1-4-6-10-20-22(24(28)30-5-2)23(27-25(29)26-20)19-9-7-8-11-21(19)31-16-18-14-12-17(3)13-15-18/h7-9,11-15,23H,4-6,10,16H2,1-3H3,(H2,26,27,29). The Morgan fingerprint density at radius 3 is 2.52 bits per heavy atom. The Kier molecular flexibility index (Phi) is 7.70. The summed E-state index contributed by atoms with van der Waals surface area (Å²) in [6.45, 7) is 6.53. The van der Waals surface area contributed by atoms with E-state index in [0.29, 0.717) is 30.0 Å². The van der Waals surface area contributed by atoms with Gasteiger partial charge in [-0.25, -0.2) is 9.59 Å². The van der Waals surface area contributed by atoms with Gasteiger partial charge in [0.15, 0.2) is 0 Å². The Morgan fingerprint density at radius 1 is 1.06 bits per heavy atom. The number of rotatable bonds is 9. The van der Waals surface area contributed by atoms with Crippen molar-refractivity contribution in [1.82, 2.24) is 10.6 Å². The number of urea groups is 1. The van der Waals surface area contributed by atoms with Crippen molar-refractivity contribution in [1.29, 1.82) is 0 Å². The van der Waals surface area contributed by atoms with Gasteiger partial charge in [0, 0.05) is 11.3 Å². The summed E-state index contributed by atoms with van der Waals surface area (Å²) in [4.78, 5) is 25.3. The fourth-order valence-corrected chi connectivity index (χ4v) is 3.55. The van der Waals surface area contributed by atoms with Crippen molar-refractivity contribution in [2.75, 3.05) is 6.61 Å². The summed E-state index contributed by atoms with van der Waals surface area (Å²) in [5.41, 5.74) is 4.00. The maximum absolute atomic E-state index is 12.9. The minimum Gasteiger partial charge on any atom is -0.489 e. The van der Waals surface area contributed by atoms with Gasteiger partial charge in [-0.3, -0.25) is 0 Å². The molecule has 2 aromatic rings. The van der Waals surface area contributed by atoms with E-state index in [1.807, 2.05) is 55.5 Å². The first-order valence-corrected chi connectivity index (χ1v) is 10.8. The van der Waals surface area contributed by atoms with Crippen molar-refractivity contribution in [2.24, 2.45) is 0 Å². The van der Waals surface area contributed by atoms with Crippen LogP contribution >= 0.6 is 0 Å². The number of hydrogen-bond donors (Lipinski definition) is 2. The number of unbranched alkanes of at least 4 members (excludes halogenated alkanes) is 1. The number of hydrogen-bond acceptors (Lipinski definition) is 4. The smallest absolute Gasteiger partial charge is 0.338 e. The van der Waals surface area contributed by atoms with E-state index in [2.05, 4.69) is 17.6 Å². The van der Waals surface area contributed by atoms with E-state index in [4.69, 9.17) is 9.47 Å². The number of nitrogens with one attached hydrogen (secondary N) is 2. The Bertz CT molecular complexity index is 950. The molecule has 1 unspecified atom stereocenters. The molecule has 0 radical (unpaired) electrons. The largest absolute Gasteiger partial charge is 0.489 e. The van der Waals surface area contributed by atoms with E-state index in [1.54, 1.807) is 6.92 Å². The summed E-state index contributed by atoms with van der Waals surface area (Å²) in [5, 5.41) is 5.70. The fourth-order valence-electron chi connectivity index (χ4n) is 3.55. The van der Waals surface area contributed by atoms with E-state index in [1.165, 1.54) is 5.56 Å². The molecule has 0 fully saturated rings. The number of amides is 2. The van der Waals surface area contributed by atoms with E-state index in [9.17, 15) is 9.59 Å². The SMILES string of the molecule is CCCCC1=C(C(=O)OCC)C(c2ccccc2OCc2ccc(C)cc2)NC(=O)N1. The fraction of sp³-hybridized carbons (Fsp3) is 0.360. The predicted molar refractivity (Wildman–Crippen MR) is 120 cm³/mol. The molecule has 0 aliphatic carbocycles. The number of esters is 1. The van der Waals surface area contributed by atoms with Crippen LogP contribution in [0.2, 0.25) is 0 Å². The summed E-state index contributed by atoms with van der Waals surface area (Å²) in [6, 6.07) is 14.6. The quantitative estimate of drug-likeness (QED) is 0.562. The van der Waals surface area contributed by atoms with Gasteiger partial charge in [-0.2, -0.15) is 0 Å². The van der Waals surface area contributed by atoms with Crippen molar-refractivity contribution in [2.45, 2.75) is 52.7 Å². The van der Waals surface area contributed by atoms with Gasteiger partial charge in [-0.05, 0) is 38.3 Å². The number of aryl methyl sites for hydroxylation is 1. The molecule has 1 atom stereocenters. The zero-order chi connectivity index (χ0) is 22.2. The molecule has 1 heterocycles. The van der Waals surface area contributed by atoms with Gasteiger partial charge >= 0.3 is 12.0 Å². The van der Waals surface area contributed by atoms with Crippen LogP contribution in [0.25, 0.3) is 0 Å². The molecule has 1 aliphatic heterocycles. The Balaban J connectivity index is 1.95. The predicted octanol–water partition coefficient (Wildman–Crippen LogP) is 4.94. The summed E-state index contributed by atoms with van der Waals surface area (Å²) in [7, 11) is 0. The molecule has 6 heteroatoms. The second-order valence-corrected chi connectivity index (χ2v) is 7.56. The Hall–Kier alpha value is -3.28. The van der Waals surface area contributed by atoms with Gasteiger partial charge < -0.3 is 20.1 Å². The topological polar surface area (TPSA) is 76.7 Å². The lowest BCUT2D eigenvalue weighted by molar-refractivity contribution is -0.139. The maximum Gasteiger partial charge on any atom is 0.338 e. The summed E-state index contributed by atoms with van der Waals surface area (Å²) >= 11 is 0. The second kappa shape index (κ2) is 10.7. The average molecular weight is 423 g/mol. The van der Waals surface area contributed by atoms with Crippen LogP contribution in [0, 0.1) is 6.92 Å². The molecule has 3 rings (SSSR count). The van der Waals surface area contributed by atoms with Crippen LogP contribution in [-0.2, 0) is 16.1 Å². The minimum atomic E-state index is -0.645. The average Bonchev–Trinajstić information content (AvgIpc) is 2.77. The lowest BCUT2D eigenvalue weighted by Gasteiger charge is -2.30. The summed E-state index contributed by atoms with van der Waals surface area (Å²) in [5.74, 6) is 0.186. The van der Waals surface area contributed by atoms with Crippen LogP contribution < -0.4 is 15.4 Å². The van der Waals surface area contributed by atoms with Gasteiger partial charge in [-0.1, -0.05) is 61.4 Å². The first kappa shape index (κ1) is 22.4. The van der Waals surface area contributed by atoms with Crippen LogP contribution in [0.4, 0.5) is 4.79 Å². The summed E-state index contributed by atoms with van der Waals surface area (Å²) < 4.78 is 11.4. The normalized spacial score (nSPS) is 15.8. The van der Waals surface area contributed by atoms with Crippen molar-refractivity contribution in [3.63, 3.8) is 0 Å². The molecular weight excluding hydrogens is 392 g/mol. The third-order valence-electron chi connectivity index (χ3n) is 5.17. The van der Waals surface area contributed by atoms with E-state index in [0.717, 1.165) is 24.0 Å². The molecular formula is C25H30N2O4. The number of carbonyl (C=O) groups is 2. The lowest BCUT2D eigenvalue weighted by Crippen LogP contribution is -2.46. The highest BCUT2D eigenvalue weighted by Gasteiger charge is 2.34. The van der Waals surface area contributed by atoms with Crippen LogP contribution in [0.15, 0.2) is 59.8 Å². The number of allylic oxidation sites excluding steroid dienone is 1. The maximum atomic E-state index is 12.9. The van der Waals surface area contributed by atoms with Gasteiger partial charge in [0.2, 0.25) is 0 Å². The number of ether oxygens (including phenoxy) is 2. The van der Waals surface area contributed by atoms with Crippen LogP contribution in [0.3, 0.4) is 0 Å². The molecule has 0 spiro atoms. The van der Waals surface area contributed by atoms with Crippen molar-refractivity contribution < 1.29 is 19.1 Å². The zero-order valence-electron chi connectivity index (χ0n) is 18.4. The number of carbonyl (C=O) groups excluding carboxylic acids is 2. The van der Waals surface area contributed by atoms with Gasteiger partial charge in [-0.15, -0.1) is 0 Å².